The third-order valence-corrected chi connectivity index (χ3v) is 6.93. The number of pyridine rings is 1. The highest BCUT2D eigenvalue weighted by Gasteiger charge is 2.58. The average Bonchev–Trinajstić information content (AvgIpc) is 2.96. The molecule has 1 saturated heterocycles. The number of hydrogen-bond donors (Lipinski definition) is 3. The number of aliphatic hydroxyl groups is 1. The summed E-state index contributed by atoms with van der Waals surface area (Å²) in [5.74, 6) is -0.895. The summed E-state index contributed by atoms with van der Waals surface area (Å²) in [5.41, 5.74) is 0.883. The Hall–Kier alpha value is -2.39. The van der Waals surface area contributed by atoms with Gasteiger partial charge in [-0.2, -0.15) is 0 Å². The fraction of sp³-hybridized carbons (Fsp3) is 0.474. The summed E-state index contributed by atoms with van der Waals surface area (Å²) in [6, 6.07) is 5.47. The normalized spacial score (nSPS) is 29.1. The Labute approximate surface area is 166 Å². The van der Waals surface area contributed by atoms with Crippen LogP contribution in [0.2, 0.25) is 0 Å². The fourth-order valence-electron chi connectivity index (χ4n) is 4.15. The monoisotopic (exact) mass is 402 g/mol. The second-order valence-corrected chi connectivity index (χ2v) is 8.49. The summed E-state index contributed by atoms with van der Waals surface area (Å²) in [4.78, 5) is 35.3. The number of amidine groups is 1. The highest BCUT2D eigenvalue weighted by molar-refractivity contribution is 8.03. The summed E-state index contributed by atoms with van der Waals surface area (Å²) < 4.78 is 0. The van der Waals surface area contributed by atoms with Gasteiger partial charge in [-0.25, -0.2) is 4.79 Å². The maximum atomic E-state index is 12.4. The van der Waals surface area contributed by atoms with Crippen molar-refractivity contribution in [1.82, 2.24) is 15.2 Å². The van der Waals surface area contributed by atoms with Crippen LogP contribution >= 0.6 is 11.8 Å². The number of carbonyl (C=O) groups is 2. The Balaban J connectivity index is 1.51. The van der Waals surface area contributed by atoms with Gasteiger partial charge in [-0.1, -0.05) is 13.0 Å². The van der Waals surface area contributed by atoms with E-state index >= 15 is 0 Å². The number of aromatic nitrogens is 1. The molecule has 8 nitrogen and oxygen atoms in total. The van der Waals surface area contributed by atoms with Crippen LogP contribution in [0.15, 0.2) is 40.0 Å². The van der Waals surface area contributed by atoms with E-state index in [0.29, 0.717) is 19.5 Å². The second-order valence-electron chi connectivity index (χ2n) is 7.15. The number of nitrogens with zero attached hydrogens (tertiary/aromatic N) is 3. The predicted molar refractivity (Wildman–Crippen MR) is 105 cm³/mol. The molecule has 0 spiro atoms. The number of carboxylic acids is 1. The molecule has 3 aliphatic heterocycles. The molecule has 3 N–H and O–H groups in total. The molecule has 1 aromatic rings. The molecule has 0 aliphatic carbocycles. The number of carbonyl (C=O) groups excluding carboxylic acids is 1. The topological polar surface area (TPSA) is 115 Å². The maximum Gasteiger partial charge on any atom is 0.353 e. The highest BCUT2D eigenvalue weighted by Crippen LogP contribution is 2.51. The van der Waals surface area contributed by atoms with E-state index in [1.165, 1.54) is 16.7 Å². The van der Waals surface area contributed by atoms with Crippen molar-refractivity contribution in [3.8, 4) is 0 Å². The zero-order chi connectivity index (χ0) is 19.8. The highest BCUT2D eigenvalue weighted by atomic mass is 32.2. The van der Waals surface area contributed by atoms with Gasteiger partial charge in [0, 0.05) is 35.4 Å². The number of aliphatic hydroxyl groups excluding tert-OH is 1. The molecule has 1 aromatic heterocycles. The third kappa shape index (κ3) is 3.08. The molecule has 1 fully saturated rings. The van der Waals surface area contributed by atoms with Crippen LogP contribution in [-0.2, 0) is 9.59 Å². The molecule has 28 heavy (non-hydrogen) atoms. The number of amides is 1. The van der Waals surface area contributed by atoms with Crippen molar-refractivity contribution < 1.29 is 19.8 Å². The summed E-state index contributed by atoms with van der Waals surface area (Å²) in [6.45, 7) is 3.08. The van der Waals surface area contributed by atoms with Gasteiger partial charge in [-0.05, 0) is 18.6 Å². The van der Waals surface area contributed by atoms with Crippen LogP contribution in [0.25, 0.3) is 0 Å². The lowest BCUT2D eigenvalue weighted by atomic mass is 9.80. The van der Waals surface area contributed by atoms with Gasteiger partial charge >= 0.3 is 5.97 Å². The van der Waals surface area contributed by atoms with Gasteiger partial charge in [0.25, 0.3) is 0 Å². The molecule has 0 bridgehead atoms. The first-order valence-corrected chi connectivity index (χ1v) is 10.2. The van der Waals surface area contributed by atoms with Crippen molar-refractivity contribution >= 4 is 29.5 Å². The fourth-order valence-corrected chi connectivity index (χ4v) is 5.48. The minimum Gasteiger partial charge on any atom is -0.477 e. The number of thioether (sulfide) groups is 1. The second kappa shape index (κ2) is 7.56. The van der Waals surface area contributed by atoms with Crippen molar-refractivity contribution in [2.45, 2.75) is 24.6 Å². The number of carboxylic acid groups (broad SMARTS) is 1. The molecule has 3 aliphatic rings. The molecule has 4 rings (SSSR count). The first kappa shape index (κ1) is 18.9. The average molecular weight is 402 g/mol. The van der Waals surface area contributed by atoms with Crippen LogP contribution in [-0.4, -0.2) is 68.8 Å². The molecule has 148 valence electrons. The summed E-state index contributed by atoms with van der Waals surface area (Å²) in [6.07, 6.45) is 2.09. The van der Waals surface area contributed by atoms with E-state index in [2.05, 4.69) is 15.3 Å². The molecule has 0 saturated carbocycles. The molecular weight excluding hydrogens is 380 g/mol. The zero-order valence-electron chi connectivity index (χ0n) is 15.4. The number of fused-ring (bicyclic) bond motifs is 1. The van der Waals surface area contributed by atoms with Gasteiger partial charge in [0.05, 0.1) is 18.5 Å². The van der Waals surface area contributed by atoms with E-state index in [9.17, 15) is 19.8 Å². The van der Waals surface area contributed by atoms with E-state index in [0.717, 1.165) is 16.4 Å². The van der Waals surface area contributed by atoms with Crippen molar-refractivity contribution in [2.75, 3.05) is 19.7 Å². The Morgan fingerprint density at radius 1 is 1.43 bits per heavy atom. The number of aliphatic carboxylic acids is 1. The summed E-state index contributed by atoms with van der Waals surface area (Å²) in [5, 5.41) is 22.3. The van der Waals surface area contributed by atoms with Gasteiger partial charge in [0.15, 0.2) is 0 Å². The largest absolute Gasteiger partial charge is 0.477 e. The lowest BCUT2D eigenvalue weighted by Crippen LogP contribution is -2.60. The Kier molecular flexibility index (Phi) is 5.11. The van der Waals surface area contributed by atoms with Crippen molar-refractivity contribution in [3.05, 3.63) is 40.7 Å². The first-order chi connectivity index (χ1) is 13.5. The third-order valence-electron chi connectivity index (χ3n) is 5.46. The van der Waals surface area contributed by atoms with Crippen molar-refractivity contribution in [2.24, 2.45) is 16.8 Å². The minimum atomic E-state index is -1.07. The predicted octanol–water partition coefficient (Wildman–Crippen LogP) is 0.688. The lowest BCUT2D eigenvalue weighted by molar-refractivity contribution is -0.157. The van der Waals surface area contributed by atoms with Crippen molar-refractivity contribution in [3.63, 3.8) is 0 Å². The van der Waals surface area contributed by atoms with Crippen LogP contribution < -0.4 is 5.32 Å². The smallest absolute Gasteiger partial charge is 0.353 e. The molecule has 0 aromatic carbocycles. The van der Waals surface area contributed by atoms with E-state index in [-0.39, 0.29) is 41.3 Å². The quantitative estimate of drug-likeness (QED) is 0.600. The maximum absolute atomic E-state index is 12.4. The van der Waals surface area contributed by atoms with Gasteiger partial charge in [0.1, 0.15) is 17.2 Å². The molecule has 4 heterocycles. The molecule has 1 amide bonds. The molecule has 9 heteroatoms. The summed E-state index contributed by atoms with van der Waals surface area (Å²) in [7, 11) is 0. The number of aliphatic imine (C=N–C) groups is 1. The number of β-lactam (4-membered cyclic amide) rings is 1. The summed E-state index contributed by atoms with van der Waals surface area (Å²) >= 11 is 1.49. The number of hydrogen-bond acceptors (Lipinski definition) is 7. The molecule has 0 unspecified atom stereocenters. The number of nitrogens with one attached hydrogen (secondary N) is 1. The van der Waals surface area contributed by atoms with E-state index in [4.69, 9.17) is 0 Å². The number of rotatable bonds is 6. The molecule has 0 radical (unpaired) electrons. The van der Waals surface area contributed by atoms with Gasteiger partial charge in [-0.3, -0.25) is 14.8 Å². The van der Waals surface area contributed by atoms with Gasteiger partial charge in [0.2, 0.25) is 5.91 Å². The van der Waals surface area contributed by atoms with Gasteiger partial charge < -0.3 is 20.4 Å². The lowest BCUT2D eigenvalue weighted by Gasteiger charge is -2.45. The minimum absolute atomic E-state index is 0.0634. The van der Waals surface area contributed by atoms with E-state index < -0.39 is 5.97 Å². The Bertz CT molecular complexity index is 857. The van der Waals surface area contributed by atoms with Crippen molar-refractivity contribution in [1.29, 1.82) is 0 Å². The van der Waals surface area contributed by atoms with Crippen LogP contribution in [0.4, 0.5) is 0 Å². The van der Waals surface area contributed by atoms with Crippen LogP contribution in [0.5, 0.6) is 0 Å². The van der Waals surface area contributed by atoms with E-state index in [1.54, 1.807) is 6.20 Å². The first-order valence-electron chi connectivity index (χ1n) is 9.30. The molecule has 4 atom stereocenters. The van der Waals surface area contributed by atoms with Crippen LogP contribution in [0, 0.1) is 11.8 Å². The Morgan fingerprint density at radius 3 is 2.86 bits per heavy atom. The molecular formula is C19H22N4O4S. The van der Waals surface area contributed by atoms with Crippen LogP contribution in [0.3, 0.4) is 0 Å². The zero-order valence-corrected chi connectivity index (χ0v) is 16.2. The van der Waals surface area contributed by atoms with E-state index in [1.807, 2.05) is 25.1 Å². The van der Waals surface area contributed by atoms with Crippen LogP contribution in [0.1, 0.15) is 19.0 Å². The van der Waals surface area contributed by atoms with Gasteiger partial charge in [-0.15, -0.1) is 11.8 Å². The Morgan fingerprint density at radius 2 is 2.25 bits per heavy atom. The standard InChI is InChI=1S/C19H22N4O4S/c1-10-14-12(5-7-24)18(25)23(14)15(19(26)27)16(10)28-11-8-21-17(22-9-11)13-4-2-3-6-20-13/h2-4,6,10-12,14,24H,5,7-9H2,1H3,(H,21,22)(H,26,27)/t10-,12+,14-/m1/s1. The SMILES string of the molecule is C[C@H]1C(S[C@H]2CN=C(c3ccccn3)NC2)=C(C(=O)O)N2C(=O)[C@@H](CCO)[C@@H]12.